The van der Waals surface area contributed by atoms with Crippen molar-refractivity contribution in [2.24, 2.45) is 7.05 Å². The summed E-state index contributed by atoms with van der Waals surface area (Å²) in [5.74, 6) is 0.740. The molecule has 0 aliphatic carbocycles. The number of aromatic nitrogens is 1. The molecule has 1 aliphatic heterocycles. The van der Waals surface area contributed by atoms with Crippen LogP contribution in [0.5, 0.6) is 0 Å². The average molecular weight is 367 g/mol. The van der Waals surface area contributed by atoms with Gasteiger partial charge in [-0.15, -0.1) is 0 Å². The molecule has 134 valence electrons. The molecular formula is C22H23ClN2O. The highest BCUT2D eigenvalue weighted by atomic mass is 35.5. The molecule has 0 saturated carbocycles. The molecule has 0 bridgehead atoms. The Hall–Kier alpha value is -2.26. The highest BCUT2D eigenvalue weighted by Gasteiger charge is 2.25. The van der Waals surface area contributed by atoms with Crippen molar-refractivity contribution in [1.82, 2.24) is 9.47 Å². The first-order valence-corrected chi connectivity index (χ1v) is 9.56. The number of halogens is 1. The summed E-state index contributed by atoms with van der Waals surface area (Å²) in [6, 6.07) is 16.1. The standard InChI is InChI=1S/C22H23ClN2O/c1-24-15-20(19-4-2-3-5-21(19)24)17-10-12-25(13-11-17)22(26)14-16-6-8-18(23)9-7-16/h2-9,15,17H,10-14H2,1H3. The molecule has 0 spiro atoms. The molecule has 0 unspecified atom stereocenters. The van der Waals surface area contributed by atoms with Gasteiger partial charge in [-0.25, -0.2) is 0 Å². The van der Waals surface area contributed by atoms with Crippen LogP contribution in [0.25, 0.3) is 10.9 Å². The molecule has 1 fully saturated rings. The fourth-order valence-electron chi connectivity index (χ4n) is 4.03. The normalized spacial score (nSPS) is 15.5. The maximum Gasteiger partial charge on any atom is 0.226 e. The summed E-state index contributed by atoms with van der Waals surface area (Å²) in [5.41, 5.74) is 3.73. The number of para-hydroxylation sites is 1. The van der Waals surface area contributed by atoms with Gasteiger partial charge in [-0.3, -0.25) is 4.79 Å². The molecule has 2 aromatic carbocycles. The number of aryl methyl sites for hydroxylation is 1. The molecule has 4 heteroatoms. The van der Waals surface area contributed by atoms with Gasteiger partial charge in [0.15, 0.2) is 0 Å². The van der Waals surface area contributed by atoms with Gasteiger partial charge in [0.2, 0.25) is 5.91 Å². The number of likely N-dealkylation sites (tertiary alicyclic amines) is 1. The number of amides is 1. The van der Waals surface area contributed by atoms with E-state index in [4.69, 9.17) is 11.6 Å². The van der Waals surface area contributed by atoms with Crippen molar-refractivity contribution in [2.45, 2.75) is 25.2 Å². The van der Waals surface area contributed by atoms with Crippen molar-refractivity contribution in [3.05, 3.63) is 70.9 Å². The van der Waals surface area contributed by atoms with Gasteiger partial charge in [-0.1, -0.05) is 41.9 Å². The van der Waals surface area contributed by atoms with Crippen LogP contribution in [0, 0.1) is 0 Å². The SMILES string of the molecule is Cn1cc(C2CCN(C(=O)Cc3ccc(Cl)cc3)CC2)c2ccccc21. The zero-order valence-electron chi connectivity index (χ0n) is 15.0. The van der Waals surface area contributed by atoms with Crippen LogP contribution in [0.2, 0.25) is 5.02 Å². The van der Waals surface area contributed by atoms with Gasteiger partial charge in [-0.05, 0) is 48.1 Å². The molecule has 2 heterocycles. The maximum absolute atomic E-state index is 12.6. The third-order valence-electron chi connectivity index (χ3n) is 5.48. The van der Waals surface area contributed by atoms with Gasteiger partial charge in [-0.2, -0.15) is 0 Å². The lowest BCUT2D eigenvalue weighted by Gasteiger charge is -2.32. The molecule has 1 aliphatic rings. The number of hydrogen-bond donors (Lipinski definition) is 0. The second-order valence-electron chi connectivity index (χ2n) is 7.17. The third-order valence-corrected chi connectivity index (χ3v) is 5.74. The number of fused-ring (bicyclic) bond motifs is 1. The van der Waals surface area contributed by atoms with Crippen LogP contribution in [-0.4, -0.2) is 28.5 Å². The first kappa shape index (κ1) is 17.2. The Labute approximate surface area is 159 Å². The number of carbonyl (C=O) groups is 1. The van der Waals surface area contributed by atoms with Crippen LogP contribution in [-0.2, 0) is 18.3 Å². The Morgan fingerprint density at radius 1 is 1.08 bits per heavy atom. The van der Waals surface area contributed by atoms with E-state index in [0.717, 1.165) is 31.5 Å². The largest absolute Gasteiger partial charge is 0.350 e. The van der Waals surface area contributed by atoms with Gasteiger partial charge in [0, 0.05) is 42.3 Å². The average Bonchev–Trinajstić information content (AvgIpc) is 3.01. The Balaban J connectivity index is 1.42. The zero-order chi connectivity index (χ0) is 18.1. The van der Waals surface area contributed by atoms with Gasteiger partial charge in [0.05, 0.1) is 6.42 Å². The number of rotatable bonds is 3. The Bertz CT molecular complexity index is 921. The van der Waals surface area contributed by atoms with E-state index in [0.29, 0.717) is 17.4 Å². The molecule has 3 aromatic rings. The lowest BCUT2D eigenvalue weighted by atomic mass is 9.89. The molecule has 3 nitrogen and oxygen atoms in total. The quantitative estimate of drug-likeness (QED) is 0.654. The van der Waals surface area contributed by atoms with Crippen LogP contribution in [0.1, 0.15) is 29.9 Å². The minimum Gasteiger partial charge on any atom is -0.350 e. The second-order valence-corrected chi connectivity index (χ2v) is 7.61. The summed E-state index contributed by atoms with van der Waals surface area (Å²) in [7, 11) is 2.11. The molecule has 4 rings (SSSR count). The fourth-order valence-corrected chi connectivity index (χ4v) is 4.15. The van der Waals surface area contributed by atoms with Gasteiger partial charge in [0.1, 0.15) is 0 Å². The summed E-state index contributed by atoms with van der Waals surface area (Å²) >= 11 is 5.92. The lowest BCUT2D eigenvalue weighted by molar-refractivity contribution is -0.131. The fraction of sp³-hybridized carbons (Fsp3) is 0.318. The predicted molar refractivity (Wildman–Crippen MR) is 107 cm³/mol. The van der Waals surface area contributed by atoms with Gasteiger partial charge in [0.25, 0.3) is 0 Å². The van der Waals surface area contributed by atoms with Crippen molar-refractivity contribution in [3.8, 4) is 0 Å². The van der Waals surface area contributed by atoms with Crippen molar-refractivity contribution >= 4 is 28.4 Å². The molecule has 1 aromatic heterocycles. The van der Waals surface area contributed by atoms with E-state index in [1.807, 2.05) is 29.2 Å². The smallest absolute Gasteiger partial charge is 0.226 e. The molecule has 1 saturated heterocycles. The van der Waals surface area contributed by atoms with E-state index < -0.39 is 0 Å². The van der Waals surface area contributed by atoms with E-state index in [2.05, 4.69) is 42.1 Å². The topological polar surface area (TPSA) is 25.2 Å². The van der Waals surface area contributed by atoms with Crippen LogP contribution < -0.4 is 0 Å². The number of piperidine rings is 1. The van der Waals surface area contributed by atoms with E-state index >= 15 is 0 Å². The summed E-state index contributed by atoms with van der Waals surface area (Å²) in [6.45, 7) is 1.67. The van der Waals surface area contributed by atoms with Gasteiger partial charge >= 0.3 is 0 Å². The molecule has 0 atom stereocenters. The van der Waals surface area contributed by atoms with Crippen molar-refractivity contribution < 1.29 is 4.79 Å². The van der Waals surface area contributed by atoms with Crippen LogP contribution >= 0.6 is 11.6 Å². The molecular weight excluding hydrogens is 344 g/mol. The minimum atomic E-state index is 0.212. The number of benzene rings is 2. The monoisotopic (exact) mass is 366 g/mol. The highest BCUT2D eigenvalue weighted by Crippen LogP contribution is 2.34. The zero-order valence-corrected chi connectivity index (χ0v) is 15.7. The maximum atomic E-state index is 12.6. The summed E-state index contributed by atoms with van der Waals surface area (Å²) in [5, 5.41) is 2.05. The first-order valence-electron chi connectivity index (χ1n) is 9.18. The van der Waals surface area contributed by atoms with Crippen LogP contribution in [0.4, 0.5) is 0 Å². The summed E-state index contributed by atoms with van der Waals surface area (Å²) < 4.78 is 2.21. The first-order chi connectivity index (χ1) is 12.6. The van der Waals surface area contributed by atoms with Crippen LogP contribution in [0.3, 0.4) is 0 Å². The predicted octanol–water partition coefficient (Wildman–Crippen LogP) is 4.78. The Kier molecular flexibility index (Phi) is 4.73. The van der Waals surface area contributed by atoms with Crippen molar-refractivity contribution in [2.75, 3.05) is 13.1 Å². The highest BCUT2D eigenvalue weighted by molar-refractivity contribution is 6.30. The van der Waals surface area contributed by atoms with Crippen molar-refractivity contribution in [3.63, 3.8) is 0 Å². The van der Waals surface area contributed by atoms with E-state index in [-0.39, 0.29) is 5.91 Å². The van der Waals surface area contributed by atoms with E-state index in [1.165, 1.54) is 16.5 Å². The molecule has 0 N–H and O–H groups in total. The Morgan fingerprint density at radius 3 is 2.50 bits per heavy atom. The van der Waals surface area contributed by atoms with E-state index in [9.17, 15) is 4.79 Å². The number of nitrogens with zero attached hydrogens (tertiary/aromatic N) is 2. The van der Waals surface area contributed by atoms with E-state index in [1.54, 1.807) is 0 Å². The number of hydrogen-bond acceptors (Lipinski definition) is 1. The minimum absolute atomic E-state index is 0.212. The number of carbonyl (C=O) groups excluding carboxylic acids is 1. The molecule has 1 amide bonds. The van der Waals surface area contributed by atoms with Crippen LogP contribution in [0.15, 0.2) is 54.7 Å². The second kappa shape index (κ2) is 7.16. The van der Waals surface area contributed by atoms with Crippen molar-refractivity contribution in [1.29, 1.82) is 0 Å². The third kappa shape index (κ3) is 3.36. The molecule has 0 radical (unpaired) electrons. The summed E-state index contributed by atoms with van der Waals surface area (Å²) in [6.07, 6.45) is 4.78. The molecule has 26 heavy (non-hydrogen) atoms. The lowest BCUT2D eigenvalue weighted by Crippen LogP contribution is -2.38. The Morgan fingerprint density at radius 2 is 1.77 bits per heavy atom. The van der Waals surface area contributed by atoms with Gasteiger partial charge < -0.3 is 9.47 Å². The summed E-state index contributed by atoms with van der Waals surface area (Å²) in [4.78, 5) is 14.6.